The lowest BCUT2D eigenvalue weighted by Crippen LogP contribution is -2.28. The van der Waals surface area contributed by atoms with Crippen molar-refractivity contribution >= 4 is 17.5 Å². The van der Waals surface area contributed by atoms with E-state index >= 15 is 0 Å². The highest BCUT2D eigenvalue weighted by atomic mass is 35.5. The number of aromatic nitrogens is 3. The van der Waals surface area contributed by atoms with Crippen LogP contribution in [0.5, 0.6) is 0 Å². The van der Waals surface area contributed by atoms with Crippen molar-refractivity contribution in [3.8, 4) is 0 Å². The smallest absolute Gasteiger partial charge is 0.273 e. The maximum absolute atomic E-state index is 11.5. The molecule has 1 aliphatic carbocycles. The molecule has 15 heavy (non-hydrogen) atoms. The molecule has 0 saturated heterocycles. The average Bonchev–Trinajstić information content (AvgIpc) is 2.84. The van der Waals surface area contributed by atoms with Crippen LogP contribution < -0.4 is 5.32 Å². The molecule has 2 rings (SSSR count). The van der Waals surface area contributed by atoms with Crippen LogP contribution in [0, 0.1) is 5.92 Å². The summed E-state index contributed by atoms with van der Waals surface area (Å²) in [6.45, 7) is 0.676. The number of rotatable bonds is 3. The van der Waals surface area contributed by atoms with Crippen LogP contribution in [0.1, 0.15) is 29.8 Å². The summed E-state index contributed by atoms with van der Waals surface area (Å²) < 4.78 is 0. The Kier molecular flexibility index (Phi) is 3.20. The van der Waals surface area contributed by atoms with Gasteiger partial charge in [-0.25, -0.2) is 0 Å². The van der Waals surface area contributed by atoms with Gasteiger partial charge in [0.2, 0.25) is 0 Å². The van der Waals surface area contributed by atoms with Gasteiger partial charge < -0.3 is 5.32 Å². The number of amides is 1. The monoisotopic (exact) mass is 228 g/mol. The summed E-state index contributed by atoms with van der Waals surface area (Å²) in [5.74, 6) is 0.324. The molecular formula is C9H13ClN4O. The van der Waals surface area contributed by atoms with E-state index < -0.39 is 0 Å². The number of hydrogen-bond donors (Lipinski definition) is 2. The summed E-state index contributed by atoms with van der Waals surface area (Å²) in [6, 6.07) is 0. The van der Waals surface area contributed by atoms with Crippen LogP contribution in [0.3, 0.4) is 0 Å². The van der Waals surface area contributed by atoms with Crippen LogP contribution in [0.4, 0.5) is 0 Å². The Morgan fingerprint density at radius 3 is 3.13 bits per heavy atom. The van der Waals surface area contributed by atoms with Crippen LogP contribution in [0.2, 0.25) is 0 Å². The first kappa shape index (κ1) is 10.4. The maximum Gasteiger partial charge on any atom is 0.273 e. The normalized spacial score (nSPS) is 25.4. The van der Waals surface area contributed by atoms with Crippen molar-refractivity contribution in [1.29, 1.82) is 0 Å². The van der Waals surface area contributed by atoms with Crippen molar-refractivity contribution in [2.45, 2.75) is 24.6 Å². The highest BCUT2D eigenvalue weighted by molar-refractivity contribution is 6.20. The van der Waals surface area contributed by atoms with Gasteiger partial charge in [0.1, 0.15) is 0 Å². The summed E-state index contributed by atoms with van der Waals surface area (Å²) in [4.78, 5) is 11.5. The molecule has 1 saturated carbocycles. The molecule has 1 heterocycles. The molecule has 5 nitrogen and oxygen atoms in total. The van der Waals surface area contributed by atoms with E-state index in [1.165, 1.54) is 6.20 Å². The Morgan fingerprint density at radius 2 is 2.53 bits per heavy atom. The van der Waals surface area contributed by atoms with Crippen LogP contribution in [-0.2, 0) is 0 Å². The predicted molar refractivity (Wildman–Crippen MR) is 55.7 cm³/mol. The number of halogens is 1. The molecule has 0 aromatic carbocycles. The first-order chi connectivity index (χ1) is 7.25. The maximum atomic E-state index is 11.5. The molecular weight excluding hydrogens is 216 g/mol. The minimum absolute atomic E-state index is 0.179. The lowest BCUT2D eigenvalue weighted by molar-refractivity contribution is 0.0942. The highest BCUT2D eigenvalue weighted by Crippen LogP contribution is 2.28. The number of nitrogens with one attached hydrogen (secondary N) is 2. The summed E-state index contributed by atoms with van der Waals surface area (Å²) in [7, 11) is 0. The molecule has 0 bridgehead atoms. The third-order valence-corrected chi connectivity index (χ3v) is 3.07. The second-order valence-electron chi connectivity index (χ2n) is 3.84. The first-order valence-electron chi connectivity index (χ1n) is 5.03. The van der Waals surface area contributed by atoms with Crippen LogP contribution in [0.15, 0.2) is 6.20 Å². The number of carbonyl (C=O) groups excluding carboxylic acids is 1. The fourth-order valence-corrected chi connectivity index (χ4v) is 2.22. The Labute approximate surface area is 92.6 Å². The molecule has 2 N–H and O–H groups in total. The molecule has 82 valence electrons. The van der Waals surface area contributed by atoms with Crippen LogP contribution in [-0.4, -0.2) is 33.2 Å². The molecule has 0 aliphatic heterocycles. The molecule has 6 heteroatoms. The van der Waals surface area contributed by atoms with Gasteiger partial charge in [-0.2, -0.15) is 15.4 Å². The number of hydrogen-bond acceptors (Lipinski definition) is 3. The van der Waals surface area contributed by atoms with E-state index in [0.29, 0.717) is 18.2 Å². The fourth-order valence-electron chi connectivity index (χ4n) is 1.84. The van der Waals surface area contributed by atoms with Gasteiger partial charge in [0.05, 0.1) is 6.20 Å². The number of alkyl halides is 1. The SMILES string of the molecule is O=C(NCC1CCC(Cl)C1)c1cn[nH]n1. The summed E-state index contributed by atoms with van der Waals surface area (Å²) in [5.41, 5.74) is 0.329. The molecule has 1 aromatic heterocycles. The van der Waals surface area contributed by atoms with Crippen molar-refractivity contribution in [2.24, 2.45) is 5.92 Å². The zero-order chi connectivity index (χ0) is 10.7. The standard InChI is InChI=1S/C9H13ClN4O/c10-7-2-1-6(3-7)4-11-9(15)8-5-12-14-13-8/h5-7H,1-4H2,(H,11,15)(H,12,13,14). The minimum atomic E-state index is -0.179. The summed E-state index contributed by atoms with van der Waals surface area (Å²) in [5, 5.41) is 12.8. The Balaban J connectivity index is 1.76. The zero-order valence-electron chi connectivity index (χ0n) is 8.24. The Bertz CT molecular complexity index is 327. The first-order valence-corrected chi connectivity index (χ1v) is 5.47. The van der Waals surface area contributed by atoms with Crippen molar-refractivity contribution < 1.29 is 4.79 Å². The summed E-state index contributed by atoms with van der Waals surface area (Å²) in [6.07, 6.45) is 4.54. The summed E-state index contributed by atoms with van der Waals surface area (Å²) >= 11 is 5.98. The molecule has 1 amide bonds. The quantitative estimate of drug-likeness (QED) is 0.757. The van der Waals surface area contributed by atoms with Gasteiger partial charge in [0, 0.05) is 11.9 Å². The second kappa shape index (κ2) is 4.61. The van der Waals surface area contributed by atoms with E-state index in [1.807, 2.05) is 0 Å². The Hall–Kier alpha value is -1.10. The average molecular weight is 229 g/mol. The van der Waals surface area contributed by atoms with Crippen molar-refractivity contribution in [3.63, 3.8) is 0 Å². The van der Waals surface area contributed by atoms with Crippen molar-refractivity contribution in [1.82, 2.24) is 20.7 Å². The van der Waals surface area contributed by atoms with Gasteiger partial charge in [-0.1, -0.05) is 0 Å². The van der Waals surface area contributed by atoms with E-state index in [9.17, 15) is 4.79 Å². The zero-order valence-corrected chi connectivity index (χ0v) is 9.00. The van der Waals surface area contributed by atoms with Crippen molar-refractivity contribution in [3.05, 3.63) is 11.9 Å². The lowest BCUT2D eigenvalue weighted by atomic mass is 10.1. The third-order valence-electron chi connectivity index (χ3n) is 2.68. The van der Waals surface area contributed by atoms with E-state index in [2.05, 4.69) is 20.7 Å². The molecule has 1 aromatic rings. The van der Waals surface area contributed by atoms with Crippen LogP contribution in [0.25, 0.3) is 0 Å². The highest BCUT2D eigenvalue weighted by Gasteiger charge is 2.23. The van der Waals surface area contributed by atoms with Gasteiger partial charge >= 0.3 is 0 Å². The van der Waals surface area contributed by atoms with Gasteiger partial charge in [-0.15, -0.1) is 11.6 Å². The molecule has 0 radical (unpaired) electrons. The lowest BCUT2D eigenvalue weighted by Gasteiger charge is -2.09. The molecule has 2 atom stereocenters. The topological polar surface area (TPSA) is 70.7 Å². The van der Waals surface area contributed by atoms with Gasteiger partial charge in [0.25, 0.3) is 5.91 Å². The van der Waals surface area contributed by atoms with Gasteiger partial charge in [0.15, 0.2) is 5.69 Å². The van der Waals surface area contributed by atoms with E-state index in [1.54, 1.807) is 0 Å². The predicted octanol–water partition coefficient (Wildman–Crippen LogP) is 0.942. The largest absolute Gasteiger partial charge is 0.350 e. The van der Waals surface area contributed by atoms with Gasteiger partial charge in [-0.05, 0) is 25.2 Å². The molecule has 1 fully saturated rings. The van der Waals surface area contributed by atoms with Gasteiger partial charge in [-0.3, -0.25) is 4.79 Å². The number of aromatic amines is 1. The number of H-pyrrole nitrogens is 1. The van der Waals surface area contributed by atoms with E-state index in [4.69, 9.17) is 11.6 Å². The molecule has 2 unspecified atom stereocenters. The van der Waals surface area contributed by atoms with Crippen LogP contribution >= 0.6 is 11.6 Å². The van der Waals surface area contributed by atoms with Crippen molar-refractivity contribution in [2.75, 3.05) is 6.54 Å². The number of carbonyl (C=O) groups is 1. The molecule has 1 aliphatic rings. The third kappa shape index (κ3) is 2.68. The fraction of sp³-hybridized carbons (Fsp3) is 0.667. The number of nitrogens with zero attached hydrogens (tertiary/aromatic N) is 2. The second-order valence-corrected chi connectivity index (χ2v) is 4.46. The molecule has 0 spiro atoms. The van der Waals surface area contributed by atoms with E-state index in [0.717, 1.165) is 19.3 Å². The Morgan fingerprint density at radius 1 is 1.67 bits per heavy atom. The van der Waals surface area contributed by atoms with E-state index in [-0.39, 0.29) is 11.3 Å². The minimum Gasteiger partial charge on any atom is -0.350 e.